The third kappa shape index (κ3) is 3.40. The highest BCUT2D eigenvalue weighted by molar-refractivity contribution is 7.94. The second kappa shape index (κ2) is 5.81. The molecule has 0 aliphatic rings. The van der Waals surface area contributed by atoms with Crippen molar-refractivity contribution in [1.82, 2.24) is 0 Å². The van der Waals surface area contributed by atoms with Crippen LogP contribution in [-0.2, 0) is 16.4 Å². The lowest BCUT2D eigenvalue weighted by atomic mass is 10.3. The van der Waals surface area contributed by atoms with E-state index in [1.807, 2.05) is 6.07 Å². The summed E-state index contributed by atoms with van der Waals surface area (Å²) in [4.78, 5) is 0.795. The SMILES string of the molecule is Nc1cc(S(=O)(=O)Nc2ccccc2)sc1CCCl. The molecule has 4 nitrogen and oxygen atoms in total. The molecule has 0 aliphatic carbocycles. The number of thiophene rings is 1. The minimum Gasteiger partial charge on any atom is -0.398 e. The average molecular weight is 317 g/mol. The first kappa shape index (κ1) is 14.2. The number of anilines is 2. The maximum Gasteiger partial charge on any atom is 0.271 e. The molecule has 102 valence electrons. The highest BCUT2D eigenvalue weighted by Crippen LogP contribution is 2.30. The number of benzene rings is 1. The average Bonchev–Trinajstić information content (AvgIpc) is 2.73. The lowest BCUT2D eigenvalue weighted by molar-refractivity contribution is 0.603. The topological polar surface area (TPSA) is 72.2 Å². The number of sulfonamides is 1. The molecular formula is C12H13ClN2O2S2. The van der Waals surface area contributed by atoms with Gasteiger partial charge in [0.25, 0.3) is 10.0 Å². The Hall–Kier alpha value is -1.24. The Morgan fingerprint density at radius 2 is 1.95 bits per heavy atom. The second-order valence-corrected chi connectivity index (χ2v) is 7.28. The number of hydrogen-bond acceptors (Lipinski definition) is 4. The van der Waals surface area contributed by atoms with Crippen LogP contribution in [0.2, 0.25) is 0 Å². The molecule has 0 radical (unpaired) electrons. The number of rotatable bonds is 5. The number of hydrogen-bond donors (Lipinski definition) is 2. The van der Waals surface area contributed by atoms with E-state index >= 15 is 0 Å². The molecule has 0 spiro atoms. The predicted octanol–water partition coefficient (Wildman–Crippen LogP) is 2.91. The summed E-state index contributed by atoms with van der Waals surface area (Å²) in [6.07, 6.45) is 0.568. The van der Waals surface area contributed by atoms with Crippen molar-refractivity contribution in [1.29, 1.82) is 0 Å². The number of alkyl halides is 1. The molecule has 3 N–H and O–H groups in total. The van der Waals surface area contributed by atoms with Crippen LogP contribution in [0, 0.1) is 0 Å². The molecule has 0 fully saturated rings. The summed E-state index contributed by atoms with van der Waals surface area (Å²) >= 11 is 6.80. The van der Waals surface area contributed by atoms with Crippen molar-refractivity contribution in [2.45, 2.75) is 10.6 Å². The number of nitrogens with two attached hydrogens (primary N) is 1. The van der Waals surface area contributed by atoms with Gasteiger partial charge in [-0.05, 0) is 24.6 Å². The zero-order valence-electron chi connectivity index (χ0n) is 9.97. The van der Waals surface area contributed by atoms with Crippen LogP contribution in [0.25, 0.3) is 0 Å². The van der Waals surface area contributed by atoms with Crippen LogP contribution in [-0.4, -0.2) is 14.3 Å². The van der Waals surface area contributed by atoms with Crippen LogP contribution < -0.4 is 10.5 Å². The van der Waals surface area contributed by atoms with Crippen LogP contribution >= 0.6 is 22.9 Å². The molecule has 1 aromatic heterocycles. The Morgan fingerprint density at radius 3 is 2.58 bits per heavy atom. The van der Waals surface area contributed by atoms with Crippen molar-refractivity contribution < 1.29 is 8.42 Å². The van der Waals surface area contributed by atoms with E-state index in [-0.39, 0.29) is 4.21 Å². The minimum absolute atomic E-state index is 0.203. The number of nitrogen functional groups attached to an aromatic ring is 1. The van der Waals surface area contributed by atoms with E-state index < -0.39 is 10.0 Å². The molecule has 2 aromatic rings. The fourth-order valence-electron chi connectivity index (χ4n) is 1.54. The molecule has 0 unspecified atom stereocenters. The summed E-state index contributed by atoms with van der Waals surface area (Å²) in [6.45, 7) is 0. The molecule has 0 aliphatic heterocycles. The standard InChI is InChI=1S/C12H13ClN2O2S2/c13-7-6-11-10(14)8-12(18-11)19(16,17)15-9-4-2-1-3-5-9/h1-5,8,15H,6-7,14H2. The number of aryl methyl sites for hydroxylation is 1. The van der Waals surface area contributed by atoms with Crippen molar-refractivity contribution in [3.63, 3.8) is 0 Å². The first-order valence-electron chi connectivity index (χ1n) is 5.55. The van der Waals surface area contributed by atoms with Gasteiger partial charge in [0.1, 0.15) is 4.21 Å². The summed E-state index contributed by atoms with van der Waals surface area (Å²) in [7, 11) is -3.59. The van der Waals surface area contributed by atoms with Gasteiger partial charge in [0, 0.05) is 22.1 Å². The van der Waals surface area contributed by atoms with Crippen molar-refractivity contribution in [2.75, 3.05) is 16.3 Å². The summed E-state index contributed by atoms with van der Waals surface area (Å²) in [5.41, 5.74) is 6.77. The zero-order chi connectivity index (χ0) is 13.9. The fourth-order valence-corrected chi connectivity index (χ4v) is 4.35. The Bertz CT molecular complexity index is 654. The first-order valence-corrected chi connectivity index (χ1v) is 8.38. The van der Waals surface area contributed by atoms with Crippen molar-refractivity contribution in [3.8, 4) is 0 Å². The van der Waals surface area contributed by atoms with Gasteiger partial charge in [-0.25, -0.2) is 8.42 Å². The van der Waals surface area contributed by atoms with Gasteiger partial charge in [-0.2, -0.15) is 0 Å². The van der Waals surface area contributed by atoms with Crippen molar-refractivity contribution in [2.24, 2.45) is 0 Å². The predicted molar refractivity (Wildman–Crippen MR) is 80.4 cm³/mol. The van der Waals surface area contributed by atoms with Gasteiger partial charge in [-0.15, -0.1) is 22.9 Å². The Kier molecular flexibility index (Phi) is 4.34. The van der Waals surface area contributed by atoms with Crippen LogP contribution in [0.15, 0.2) is 40.6 Å². The van der Waals surface area contributed by atoms with Gasteiger partial charge in [-0.1, -0.05) is 18.2 Å². The summed E-state index contributed by atoms with van der Waals surface area (Å²) in [5.74, 6) is 0.413. The summed E-state index contributed by atoms with van der Waals surface area (Å²) < 4.78 is 27.1. The van der Waals surface area contributed by atoms with Crippen LogP contribution in [0.1, 0.15) is 4.88 Å². The second-order valence-electron chi connectivity index (χ2n) is 3.85. The highest BCUT2D eigenvalue weighted by atomic mass is 35.5. The monoisotopic (exact) mass is 316 g/mol. The van der Waals surface area contributed by atoms with Crippen LogP contribution in [0.3, 0.4) is 0 Å². The highest BCUT2D eigenvalue weighted by Gasteiger charge is 2.19. The normalized spacial score (nSPS) is 11.4. The van der Waals surface area contributed by atoms with E-state index in [0.29, 0.717) is 23.7 Å². The van der Waals surface area contributed by atoms with Gasteiger partial charge < -0.3 is 5.73 Å². The fraction of sp³-hybridized carbons (Fsp3) is 0.167. The molecule has 19 heavy (non-hydrogen) atoms. The smallest absolute Gasteiger partial charge is 0.271 e. The lowest BCUT2D eigenvalue weighted by Crippen LogP contribution is -2.11. The third-order valence-electron chi connectivity index (χ3n) is 2.43. The zero-order valence-corrected chi connectivity index (χ0v) is 12.4. The minimum atomic E-state index is -3.59. The van der Waals surface area contributed by atoms with Gasteiger partial charge in [0.15, 0.2) is 0 Å². The number of para-hydroxylation sites is 1. The van der Waals surface area contributed by atoms with Gasteiger partial charge in [0.05, 0.1) is 0 Å². The number of nitrogens with one attached hydrogen (secondary N) is 1. The Morgan fingerprint density at radius 1 is 1.26 bits per heavy atom. The molecule has 1 aromatic carbocycles. The molecule has 0 saturated carbocycles. The maximum absolute atomic E-state index is 12.2. The molecule has 0 atom stereocenters. The van der Waals surface area contributed by atoms with Gasteiger partial charge >= 0.3 is 0 Å². The lowest BCUT2D eigenvalue weighted by Gasteiger charge is -2.05. The summed E-state index contributed by atoms with van der Waals surface area (Å²) in [6, 6.07) is 10.2. The molecule has 7 heteroatoms. The Balaban J connectivity index is 2.27. The Labute approximate surface area is 121 Å². The first-order chi connectivity index (χ1) is 9.03. The van der Waals surface area contributed by atoms with E-state index in [1.165, 1.54) is 6.07 Å². The molecule has 2 rings (SSSR count). The molecule has 1 heterocycles. The van der Waals surface area contributed by atoms with Crippen LogP contribution in [0.4, 0.5) is 11.4 Å². The van der Waals surface area contributed by atoms with Gasteiger partial charge in [-0.3, -0.25) is 4.72 Å². The summed E-state index contributed by atoms with van der Waals surface area (Å²) in [5, 5.41) is 0. The molecular weight excluding hydrogens is 304 g/mol. The van der Waals surface area contributed by atoms with E-state index in [0.717, 1.165) is 16.2 Å². The van der Waals surface area contributed by atoms with E-state index in [1.54, 1.807) is 24.3 Å². The van der Waals surface area contributed by atoms with Gasteiger partial charge in [0.2, 0.25) is 0 Å². The van der Waals surface area contributed by atoms with Crippen molar-refractivity contribution >= 4 is 44.3 Å². The quantitative estimate of drug-likeness (QED) is 0.833. The third-order valence-corrected chi connectivity index (χ3v) is 5.69. The molecule has 0 saturated heterocycles. The van der Waals surface area contributed by atoms with E-state index in [9.17, 15) is 8.42 Å². The molecule has 0 amide bonds. The largest absolute Gasteiger partial charge is 0.398 e. The maximum atomic E-state index is 12.2. The van der Waals surface area contributed by atoms with E-state index in [4.69, 9.17) is 17.3 Å². The van der Waals surface area contributed by atoms with Crippen molar-refractivity contribution in [3.05, 3.63) is 41.3 Å². The number of halogens is 1. The van der Waals surface area contributed by atoms with Crippen LogP contribution in [0.5, 0.6) is 0 Å². The molecule has 0 bridgehead atoms. The van der Waals surface area contributed by atoms with E-state index in [2.05, 4.69) is 4.72 Å².